The molecule has 4 rings (SSSR count). The summed E-state index contributed by atoms with van der Waals surface area (Å²) in [5, 5.41) is 2.94. The number of aryl methyl sites for hydroxylation is 1. The number of halogens is 1. The Morgan fingerprint density at radius 2 is 1.49 bits per heavy atom. The van der Waals surface area contributed by atoms with Crippen LogP contribution in [0.4, 0.5) is 11.4 Å². The average molecular weight is 567 g/mol. The normalized spacial score (nSPS) is 11.0. The predicted octanol–water partition coefficient (Wildman–Crippen LogP) is 6.29. The molecule has 0 aliphatic heterocycles. The van der Waals surface area contributed by atoms with Gasteiger partial charge in [0.25, 0.3) is 10.0 Å². The van der Waals surface area contributed by atoms with Crippen molar-refractivity contribution in [3.63, 3.8) is 0 Å². The first kappa shape index (κ1) is 27.8. The fourth-order valence-corrected chi connectivity index (χ4v) is 5.70. The van der Waals surface area contributed by atoms with E-state index < -0.39 is 22.5 Å². The average Bonchev–Trinajstić information content (AvgIpc) is 2.93. The first-order chi connectivity index (χ1) is 18.7. The summed E-state index contributed by atoms with van der Waals surface area (Å²) >= 11 is 6.31. The van der Waals surface area contributed by atoms with Crippen LogP contribution >= 0.6 is 11.6 Å². The van der Waals surface area contributed by atoms with Crippen molar-refractivity contribution in [2.24, 2.45) is 0 Å². The molecule has 0 saturated heterocycles. The minimum atomic E-state index is -4.26. The van der Waals surface area contributed by atoms with E-state index in [2.05, 4.69) is 5.32 Å². The van der Waals surface area contributed by atoms with Gasteiger partial charge in [-0.15, -0.1) is 0 Å². The van der Waals surface area contributed by atoms with E-state index in [1.54, 1.807) is 43.3 Å². The van der Waals surface area contributed by atoms with Crippen LogP contribution in [0.25, 0.3) is 0 Å². The Hall–Kier alpha value is -4.21. The lowest BCUT2D eigenvalue weighted by Crippen LogP contribution is -2.38. The molecule has 0 radical (unpaired) electrons. The maximum absolute atomic E-state index is 13.9. The number of nitrogens with zero attached hydrogens (tertiary/aromatic N) is 1. The van der Waals surface area contributed by atoms with Crippen molar-refractivity contribution in [2.45, 2.75) is 11.8 Å². The van der Waals surface area contributed by atoms with Crippen molar-refractivity contribution in [1.29, 1.82) is 0 Å². The molecule has 1 N–H and O–H groups in total. The SMILES string of the molecule is COc1ccc(N(CC(=O)Nc2ccc(Oc3ccccc3)cc2)S(=O)(=O)c2cc(C)ccc2OC)cc1Cl. The number of hydrogen-bond donors (Lipinski definition) is 1. The van der Waals surface area contributed by atoms with Crippen LogP contribution in [0, 0.1) is 6.92 Å². The molecule has 0 heterocycles. The van der Waals surface area contributed by atoms with Crippen LogP contribution in [0.3, 0.4) is 0 Å². The number of hydrogen-bond acceptors (Lipinski definition) is 6. The van der Waals surface area contributed by atoms with Gasteiger partial charge in [-0.3, -0.25) is 9.10 Å². The number of nitrogens with one attached hydrogen (secondary N) is 1. The molecular weight excluding hydrogens is 540 g/mol. The standard InChI is InChI=1S/C29H27ClN2O6S/c1-20-9-15-27(37-3)28(17-20)39(34,35)32(22-12-16-26(36-2)25(30)18-22)19-29(33)31-21-10-13-24(14-11-21)38-23-7-5-4-6-8-23/h4-18H,19H2,1-3H3,(H,31,33). The highest BCUT2D eigenvalue weighted by atomic mass is 35.5. The number of amides is 1. The second kappa shape index (κ2) is 12.1. The van der Waals surface area contributed by atoms with Crippen molar-refractivity contribution >= 4 is 38.9 Å². The van der Waals surface area contributed by atoms with Crippen molar-refractivity contribution in [3.05, 3.63) is 102 Å². The van der Waals surface area contributed by atoms with Gasteiger partial charge in [-0.25, -0.2) is 8.42 Å². The number of carbonyl (C=O) groups excluding carboxylic acids is 1. The fourth-order valence-electron chi connectivity index (χ4n) is 3.79. The molecule has 202 valence electrons. The summed E-state index contributed by atoms with van der Waals surface area (Å²) < 4.78 is 45.1. The lowest BCUT2D eigenvalue weighted by molar-refractivity contribution is -0.114. The van der Waals surface area contributed by atoms with Gasteiger partial charge in [-0.05, 0) is 79.2 Å². The zero-order valence-electron chi connectivity index (χ0n) is 21.6. The maximum Gasteiger partial charge on any atom is 0.268 e. The first-order valence-electron chi connectivity index (χ1n) is 11.8. The van der Waals surface area contributed by atoms with Gasteiger partial charge in [0, 0.05) is 5.69 Å². The number of methoxy groups -OCH3 is 2. The molecule has 8 nitrogen and oxygen atoms in total. The highest BCUT2D eigenvalue weighted by molar-refractivity contribution is 7.93. The van der Waals surface area contributed by atoms with Gasteiger partial charge in [0.05, 0.1) is 24.9 Å². The van der Waals surface area contributed by atoms with Crippen LogP contribution in [0.1, 0.15) is 5.56 Å². The Bertz CT molecular complexity index is 1560. The number of anilines is 2. The molecular formula is C29H27ClN2O6S. The monoisotopic (exact) mass is 566 g/mol. The fraction of sp³-hybridized carbons (Fsp3) is 0.138. The summed E-state index contributed by atoms with van der Waals surface area (Å²) in [5.41, 5.74) is 1.37. The van der Waals surface area contributed by atoms with Gasteiger partial charge in [0.1, 0.15) is 34.4 Å². The second-order valence-electron chi connectivity index (χ2n) is 8.47. The largest absolute Gasteiger partial charge is 0.495 e. The number of benzene rings is 4. The molecule has 4 aromatic carbocycles. The maximum atomic E-state index is 13.9. The highest BCUT2D eigenvalue weighted by Gasteiger charge is 2.31. The summed E-state index contributed by atoms with van der Waals surface area (Å²) in [5.74, 6) is 1.23. The Morgan fingerprint density at radius 1 is 0.846 bits per heavy atom. The van der Waals surface area contributed by atoms with Gasteiger partial charge >= 0.3 is 0 Å². The van der Waals surface area contributed by atoms with E-state index >= 15 is 0 Å². The molecule has 0 aromatic heterocycles. The Morgan fingerprint density at radius 3 is 2.13 bits per heavy atom. The molecule has 10 heteroatoms. The Balaban J connectivity index is 1.61. The van der Waals surface area contributed by atoms with Gasteiger partial charge in [-0.1, -0.05) is 35.9 Å². The molecule has 0 aliphatic carbocycles. The third-order valence-electron chi connectivity index (χ3n) is 5.71. The number of para-hydroxylation sites is 1. The summed E-state index contributed by atoms with van der Waals surface area (Å²) in [4.78, 5) is 13.1. The van der Waals surface area contributed by atoms with E-state index in [4.69, 9.17) is 25.8 Å². The second-order valence-corrected chi connectivity index (χ2v) is 10.7. The van der Waals surface area contributed by atoms with E-state index in [9.17, 15) is 13.2 Å². The number of sulfonamides is 1. The van der Waals surface area contributed by atoms with Crippen LogP contribution in [0.2, 0.25) is 5.02 Å². The van der Waals surface area contributed by atoms with Crippen molar-refractivity contribution in [3.8, 4) is 23.0 Å². The quantitative estimate of drug-likeness (QED) is 0.242. The lowest BCUT2D eigenvalue weighted by atomic mass is 10.2. The van der Waals surface area contributed by atoms with E-state index in [1.165, 1.54) is 38.5 Å². The molecule has 0 aliphatic rings. The molecule has 39 heavy (non-hydrogen) atoms. The minimum Gasteiger partial charge on any atom is -0.495 e. The highest BCUT2D eigenvalue weighted by Crippen LogP contribution is 2.34. The zero-order valence-corrected chi connectivity index (χ0v) is 23.1. The van der Waals surface area contributed by atoms with Crippen LogP contribution in [0.5, 0.6) is 23.0 Å². The van der Waals surface area contributed by atoms with E-state index in [0.717, 1.165) is 4.31 Å². The molecule has 0 unspecified atom stereocenters. The van der Waals surface area contributed by atoms with Gasteiger partial charge in [0.2, 0.25) is 5.91 Å². The van der Waals surface area contributed by atoms with Crippen LogP contribution in [0.15, 0.2) is 95.9 Å². The third-order valence-corrected chi connectivity index (χ3v) is 7.81. The summed E-state index contributed by atoms with van der Waals surface area (Å²) in [6.45, 7) is 1.25. The van der Waals surface area contributed by atoms with E-state index in [-0.39, 0.29) is 21.4 Å². The van der Waals surface area contributed by atoms with Crippen molar-refractivity contribution in [2.75, 3.05) is 30.4 Å². The summed E-state index contributed by atoms with van der Waals surface area (Å²) in [7, 11) is -1.42. The number of rotatable bonds is 10. The van der Waals surface area contributed by atoms with Gasteiger partial charge in [0.15, 0.2) is 0 Å². The molecule has 0 fully saturated rings. The molecule has 4 aromatic rings. The molecule has 0 atom stereocenters. The molecule has 1 amide bonds. The van der Waals surface area contributed by atoms with E-state index in [1.807, 2.05) is 30.3 Å². The van der Waals surface area contributed by atoms with Crippen LogP contribution < -0.4 is 23.8 Å². The van der Waals surface area contributed by atoms with E-state index in [0.29, 0.717) is 28.5 Å². The predicted molar refractivity (Wildman–Crippen MR) is 152 cm³/mol. The Kier molecular flexibility index (Phi) is 8.63. The molecule has 0 spiro atoms. The number of carbonyl (C=O) groups is 1. The minimum absolute atomic E-state index is 0.0767. The summed E-state index contributed by atoms with van der Waals surface area (Å²) in [6.07, 6.45) is 0. The topological polar surface area (TPSA) is 94.2 Å². The molecule has 0 bridgehead atoms. The van der Waals surface area contributed by atoms with Crippen molar-refractivity contribution in [1.82, 2.24) is 0 Å². The third kappa shape index (κ3) is 6.63. The number of ether oxygens (including phenoxy) is 3. The van der Waals surface area contributed by atoms with Crippen LogP contribution in [-0.2, 0) is 14.8 Å². The van der Waals surface area contributed by atoms with Gasteiger partial charge < -0.3 is 19.5 Å². The van der Waals surface area contributed by atoms with Crippen molar-refractivity contribution < 1.29 is 27.4 Å². The summed E-state index contributed by atoms with van der Waals surface area (Å²) in [6, 6.07) is 25.3. The van der Waals surface area contributed by atoms with Crippen LogP contribution in [-0.4, -0.2) is 35.1 Å². The zero-order chi connectivity index (χ0) is 28.0. The first-order valence-corrected chi connectivity index (χ1v) is 13.7. The molecule has 0 saturated carbocycles. The lowest BCUT2D eigenvalue weighted by Gasteiger charge is -2.25. The Labute approximate surface area is 232 Å². The van der Waals surface area contributed by atoms with Gasteiger partial charge in [-0.2, -0.15) is 0 Å². The smallest absolute Gasteiger partial charge is 0.268 e.